The Morgan fingerprint density at radius 1 is 1.07 bits per heavy atom. The summed E-state index contributed by atoms with van der Waals surface area (Å²) in [5.41, 5.74) is 9.80. The second-order valence-electron chi connectivity index (χ2n) is 5.28. The third-order valence-electron chi connectivity index (χ3n) is 4.44. The van der Waals surface area contributed by atoms with E-state index in [0.717, 1.165) is 0 Å². The number of rotatable bonds is 0. The highest BCUT2D eigenvalue weighted by Gasteiger charge is 2.44. The Kier molecular flexibility index (Phi) is 2.10. The van der Waals surface area contributed by atoms with Crippen LogP contribution >= 0.6 is 0 Å². The molecular weight excluding hydrogens is 182 g/mol. The van der Waals surface area contributed by atoms with E-state index in [1.165, 1.54) is 49.7 Å². The van der Waals surface area contributed by atoms with E-state index in [1.807, 2.05) is 0 Å². The molecule has 1 fully saturated rings. The Balaban J connectivity index is 1.98. The molecule has 0 bridgehead atoms. The molecule has 0 heterocycles. The summed E-state index contributed by atoms with van der Waals surface area (Å²) < 4.78 is 0. The summed E-state index contributed by atoms with van der Waals surface area (Å²) in [6.07, 6.45) is 8.06. The van der Waals surface area contributed by atoms with Crippen LogP contribution in [-0.4, -0.2) is 0 Å². The van der Waals surface area contributed by atoms with Gasteiger partial charge in [0.25, 0.3) is 0 Å². The fourth-order valence-corrected chi connectivity index (χ4v) is 3.56. The van der Waals surface area contributed by atoms with E-state index in [4.69, 9.17) is 5.73 Å². The van der Waals surface area contributed by atoms with Crippen molar-refractivity contribution in [3.05, 3.63) is 35.4 Å². The van der Waals surface area contributed by atoms with Gasteiger partial charge in [-0.25, -0.2) is 0 Å². The first-order valence-electron chi connectivity index (χ1n) is 6.15. The largest absolute Gasteiger partial charge is 0.323 e. The van der Waals surface area contributed by atoms with Gasteiger partial charge in [-0.05, 0) is 35.8 Å². The van der Waals surface area contributed by atoms with E-state index in [9.17, 15) is 0 Å². The molecule has 3 rings (SSSR count). The van der Waals surface area contributed by atoms with Gasteiger partial charge in [-0.3, -0.25) is 0 Å². The molecule has 0 aliphatic heterocycles. The summed E-state index contributed by atoms with van der Waals surface area (Å²) in [4.78, 5) is 0. The zero-order valence-electron chi connectivity index (χ0n) is 9.21. The summed E-state index contributed by atoms with van der Waals surface area (Å²) in [7, 11) is 0. The van der Waals surface area contributed by atoms with E-state index < -0.39 is 0 Å². The van der Waals surface area contributed by atoms with Gasteiger partial charge in [-0.1, -0.05) is 43.5 Å². The standard InChI is InChI=1S/C14H19N/c15-13-12-7-3-2-6-11(12)10-14(13)8-4-1-5-9-14/h2-3,6-7,13H,1,4-5,8-10,15H2. The number of benzene rings is 1. The number of nitrogens with two attached hydrogens (primary N) is 1. The molecule has 1 unspecified atom stereocenters. The highest BCUT2D eigenvalue weighted by molar-refractivity contribution is 5.38. The monoisotopic (exact) mass is 201 g/mol. The van der Waals surface area contributed by atoms with E-state index in [1.54, 1.807) is 0 Å². The highest BCUT2D eigenvalue weighted by Crippen LogP contribution is 2.52. The first-order chi connectivity index (χ1) is 7.32. The Labute approximate surface area is 91.7 Å². The summed E-state index contributed by atoms with van der Waals surface area (Å²) >= 11 is 0. The third kappa shape index (κ3) is 1.33. The Morgan fingerprint density at radius 2 is 1.80 bits per heavy atom. The lowest BCUT2D eigenvalue weighted by Crippen LogP contribution is -2.33. The molecule has 2 aliphatic rings. The Bertz CT molecular complexity index is 363. The molecule has 1 aromatic rings. The lowest BCUT2D eigenvalue weighted by atomic mass is 9.70. The molecule has 0 radical (unpaired) electrons. The van der Waals surface area contributed by atoms with Gasteiger partial charge in [-0.2, -0.15) is 0 Å². The van der Waals surface area contributed by atoms with Crippen LogP contribution in [0.1, 0.15) is 49.3 Å². The number of fused-ring (bicyclic) bond motifs is 1. The van der Waals surface area contributed by atoms with Gasteiger partial charge < -0.3 is 5.73 Å². The zero-order chi connectivity index (χ0) is 10.3. The zero-order valence-corrected chi connectivity index (χ0v) is 9.21. The molecular formula is C14H19N. The predicted molar refractivity (Wildman–Crippen MR) is 62.6 cm³/mol. The first-order valence-corrected chi connectivity index (χ1v) is 6.15. The van der Waals surface area contributed by atoms with Gasteiger partial charge in [-0.15, -0.1) is 0 Å². The van der Waals surface area contributed by atoms with Gasteiger partial charge in [0, 0.05) is 6.04 Å². The van der Waals surface area contributed by atoms with E-state index in [2.05, 4.69) is 24.3 Å². The van der Waals surface area contributed by atoms with Crippen molar-refractivity contribution in [1.29, 1.82) is 0 Å². The molecule has 2 N–H and O–H groups in total. The molecule has 1 spiro atoms. The van der Waals surface area contributed by atoms with Crippen LogP contribution in [0, 0.1) is 5.41 Å². The second-order valence-corrected chi connectivity index (χ2v) is 5.28. The van der Waals surface area contributed by atoms with Crippen molar-refractivity contribution in [2.45, 2.75) is 44.6 Å². The quantitative estimate of drug-likeness (QED) is 0.685. The lowest BCUT2D eigenvalue weighted by Gasteiger charge is -2.37. The average molecular weight is 201 g/mol. The summed E-state index contributed by atoms with van der Waals surface area (Å²) in [6.45, 7) is 0. The summed E-state index contributed by atoms with van der Waals surface area (Å²) in [5.74, 6) is 0. The fraction of sp³-hybridized carbons (Fsp3) is 0.571. The smallest absolute Gasteiger partial charge is 0.0358 e. The van der Waals surface area contributed by atoms with Crippen LogP contribution in [0.25, 0.3) is 0 Å². The van der Waals surface area contributed by atoms with Crippen molar-refractivity contribution < 1.29 is 0 Å². The maximum atomic E-state index is 6.46. The van der Waals surface area contributed by atoms with Crippen molar-refractivity contribution in [2.75, 3.05) is 0 Å². The fourth-order valence-electron chi connectivity index (χ4n) is 3.56. The molecule has 1 aromatic carbocycles. The third-order valence-corrected chi connectivity index (χ3v) is 4.44. The van der Waals surface area contributed by atoms with Crippen molar-refractivity contribution in [3.8, 4) is 0 Å². The van der Waals surface area contributed by atoms with Gasteiger partial charge in [0.2, 0.25) is 0 Å². The van der Waals surface area contributed by atoms with Crippen LogP contribution in [0.4, 0.5) is 0 Å². The van der Waals surface area contributed by atoms with Crippen LogP contribution in [0.2, 0.25) is 0 Å². The van der Waals surface area contributed by atoms with E-state index >= 15 is 0 Å². The topological polar surface area (TPSA) is 26.0 Å². The molecule has 1 nitrogen and oxygen atoms in total. The van der Waals surface area contributed by atoms with Gasteiger partial charge in [0.15, 0.2) is 0 Å². The van der Waals surface area contributed by atoms with Crippen molar-refractivity contribution in [1.82, 2.24) is 0 Å². The SMILES string of the molecule is NC1c2ccccc2CC12CCCCC2. The van der Waals surface area contributed by atoms with Gasteiger partial charge in [0.05, 0.1) is 0 Å². The second kappa shape index (κ2) is 3.34. The molecule has 0 aromatic heterocycles. The van der Waals surface area contributed by atoms with Crippen LogP contribution in [0.3, 0.4) is 0 Å². The normalized spacial score (nSPS) is 27.9. The van der Waals surface area contributed by atoms with Crippen molar-refractivity contribution in [3.63, 3.8) is 0 Å². The first kappa shape index (κ1) is 9.41. The average Bonchev–Trinajstić information content (AvgIpc) is 2.54. The minimum absolute atomic E-state index is 0.300. The highest BCUT2D eigenvalue weighted by atomic mass is 14.7. The van der Waals surface area contributed by atoms with Gasteiger partial charge >= 0.3 is 0 Å². The summed E-state index contributed by atoms with van der Waals surface area (Å²) in [6, 6.07) is 9.06. The lowest BCUT2D eigenvalue weighted by molar-refractivity contribution is 0.162. The van der Waals surface area contributed by atoms with Crippen LogP contribution in [-0.2, 0) is 6.42 Å². The molecule has 0 amide bonds. The molecule has 1 heteroatoms. The molecule has 1 saturated carbocycles. The van der Waals surface area contributed by atoms with Crippen LogP contribution in [0.15, 0.2) is 24.3 Å². The van der Waals surface area contributed by atoms with Crippen molar-refractivity contribution >= 4 is 0 Å². The molecule has 1 atom stereocenters. The Hall–Kier alpha value is -0.820. The van der Waals surface area contributed by atoms with Gasteiger partial charge in [0.1, 0.15) is 0 Å². The number of hydrogen-bond acceptors (Lipinski definition) is 1. The predicted octanol–water partition coefficient (Wildman–Crippen LogP) is 3.19. The van der Waals surface area contributed by atoms with Crippen LogP contribution < -0.4 is 5.73 Å². The number of hydrogen-bond donors (Lipinski definition) is 1. The maximum Gasteiger partial charge on any atom is 0.0358 e. The van der Waals surface area contributed by atoms with E-state index in [0.29, 0.717) is 11.5 Å². The summed E-state index contributed by atoms with van der Waals surface area (Å²) in [5, 5.41) is 0. The molecule has 15 heavy (non-hydrogen) atoms. The minimum Gasteiger partial charge on any atom is -0.323 e. The van der Waals surface area contributed by atoms with Crippen LogP contribution in [0.5, 0.6) is 0 Å². The maximum absolute atomic E-state index is 6.46. The van der Waals surface area contributed by atoms with Crippen molar-refractivity contribution in [2.24, 2.45) is 11.1 Å². The molecule has 80 valence electrons. The Morgan fingerprint density at radius 3 is 2.53 bits per heavy atom. The van der Waals surface area contributed by atoms with E-state index in [-0.39, 0.29) is 0 Å². The molecule has 0 saturated heterocycles. The molecule has 2 aliphatic carbocycles. The minimum atomic E-state index is 0.300.